The number of carbonyl (C=O) groups is 2. The van der Waals surface area contributed by atoms with Gasteiger partial charge in [-0.05, 0) is 61.0 Å². The van der Waals surface area contributed by atoms with Crippen LogP contribution >= 0.6 is 35.4 Å². The van der Waals surface area contributed by atoms with Crippen LogP contribution in [0.1, 0.15) is 32.4 Å². The Balaban J connectivity index is 1.75. The van der Waals surface area contributed by atoms with Crippen molar-refractivity contribution < 1.29 is 14.3 Å². The van der Waals surface area contributed by atoms with E-state index in [0.717, 1.165) is 11.3 Å². The fourth-order valence-electron chi connectivity index (χ4n) is 3.30. The smallest absolute Gasteiger partial charge is 0.338 e. The lowest BCUT2D eigenvalue weighted by Gasteiger charge is -2.35. The van der Waals surface area contributed by atoms with Crippen molar-refractivity contribution in [3.05, 3.63) is 69.3 Å². The van der Waals surface area contributed by atoms with Crippen molar-refractivity contribution in [1.82, 2.24) is 10.2 Å². The molecule has 3 rings (SSSR count). The molecule has 2 aromatic carbocycles. The van der Waals surface area contributed by atoms with Crippen molar-refractivity contribution in [2.45, 2.75) is 26.8 Å². The van der Waals surface area contributed by atoms with E-state index in [1.165, 1.54) is 0 Å². The van der Waals surface area contributed by atoms with Gasteiger partial charge < -0.3 is 25.6 Å². The highest BCUT2D eigenvalue weighted by atomic mass is 35.5. The van der Waals surface area contributed by atoms with Crippen LogP contribution in [0, 0.1) is 5.92 Å². The molecule has 1 unspecified atom stereocenters. The number of urea groups is 1. The Labute approximate surface area is 214 Å². The molecule has 2 aromatic rings. The number of anilines is 2. The Morgan fingerprint density at radius 3 is 2.32 bits per heavy atom. The maximum absolute atomic E-state index is 12.9. The molecule has 34 heavy (non-hydrogen) atoms. The summed E-state index contributed by atoms with van der Waals surface area (Å²) < 4.78 is 5.51. The van der Waals surface area contributed by atoms with E-state index in [1.807, 2.05) is 32.9 Å². The number of hydrogen-bond donors (Lipinski definition) is 3. The minimum absolute atomic E-state index is 0.221. The van der Waals surface area contributed by atoms with Crippen molar-refractivity contribution in [3.8, 4) is 0 Å². The van der Waals surface area contributed by atoms with Gasteiger partial charge >= 0.3 is 12.0 Å². The number of benzene rings is 2. The van der Waals surface area contributed by atoms with Crippen molar-refractivity contribution in [1.29, 1.82) is 0 Å². The lowest BCUT2D eigenvalue weighted by molar-refractivity contribution is -0.140. The van der Waals surface area contributed by atoms with Crippen LogP contribution in [0.5, 0.6) is 0 Å². The van der Waals surface area contributed by atoms with Gasteiger partial charge in [-0.25, -0.2) is 9.59 Å². The van der Waals surface area contributed by atoms with E-state index in [9.17, 15) is 9.59 Å². The standard InChI is InChI=1S/C24H26Cl2N4O3S/c1-13(2)12-33-22(31)20-14(3)30(4)24(34)29-21(20)15-5-7-16(8-6-15)27-23(32)28-17-9-10-18(25)19(26)11-17/h5-11,13,21H,12H2,1-4H3,(H,29,34)(H2,27,28,32). The lowest BCUT2D eigenvalue weighted by Crippen LogP contribution is -2.46. The summed E-state index contributed by atoms with van der Waals surface area (Å²) in [4.78, 5) is 27.0. The second-order valence-electron chi connectivity index (χ2n) is 8.26. The molecule has 0 fully saturated rings. The van der Waals surface area contributed by atoms with Crippen molar-refractivity contribution in [2.24, 2.45) is 5.92 Å². The number of carbonyl (C=O) groups excluding carboxylic acids is 2. The predicted octanol–water partition coefficient (Wildman–Crippen LogP) is 5.97. The summed E-state index contributed by atoms with van der Waals surface area (Å²) in [5.41, 5.74) is 3.11. The SMILES string of the molecule is CC1=C(C(=O)OCC(C)C)C(c2ccc(NC(=O)Nc3ccc(Cl)c(Cl)c3)cc2)NC(=S)N1C. The molecule has 0 aromatic heterocycles. The number of esters is 1. The Kier molecular flexibility index (Phi) is 8.41. The molecular weight excluding hydrogens is 495 g/mol. The van der Waals surface area contributed by atoms with Crippen molar-refractivity contribution in [3.63, 3.8) is 0 Å². The molecule has 1 aliphatic heterocycles. The average Bonchev–Trinajstić information content (AvgIpc) is 2.78. The monoisotopic (exact) mass is 520 g/mol. The van der Waals surface area contributed by atoms with Crippen molar-refractivity contribution in [2.75, 3.05) is 24.3 Å². The molecular formula is C24H26Cl2N4O3S. The number of halogens is 2. The zero-order valence-corrected chi connectivity index (χ0v) is 21.6. The van der Waals surface area contributed by atoms with Gasteiger partial charge in [0.05, 0.1) is 28.3 Å². The third kappa shape index (κ3) is 6.20. The first-order valence-corrected chi connectivity index (χ1v) is 11.8. The van der Waals surface area contributed by atoms with Gasteiger partial charge in [0.1, 0.15) is 0 Å². The predicted molar refractivity (Wildman–Crippen MR) is 140 cm³/mol. The van der Waals surface area contributed by atoms with Crippen LogP contribution in [0.2, 0.25) is 10.0 Å². The Morgan fingerprint density at radius 1 is 1.09 bits per heavy atom. The molecule has 0 saturated heterocycles. The molecule has 2 amide bonds. The number of allylic oxidation sites excluding steroid dienone is 1. The van der Waals surface area contributed by atoms with E-state index in [1.54, 1.807) is 42.3 Å². The molecule has 0 saturated carbocycles. The normalized spacial score (nSPS) is 15.8. The molecule has 7 nitrogen and oxygen atoms in total. The highest BCUT2D eigenvalue weighted by Gasteiger charge is 2.33. The Morgan fingerprint density at radius 2 is 1.71 bits per heavy atom. The Bertz CT molecular complexity index is 1140. The van der Waals surface area contributed by atoms with Crippen LogP contribution in [0.15, 0.2) is 53.7 Å². The largest absolute Gasteiger partial charge is 0.462 e. The molecule has 0 radical (unpaired) electrons. The molecule has 0 bridgehead atoms. The summed E-state index contributed by atoms with van der Waals surface area (Å²) in [6.45, 7) is 6.13. The van der Waals surface area contributed by atoms with Crippen LogP contribution < -0.4 is 16.0 Å². The number of nitrogens with zero attached hydrogens (tertiary/aromatic N) is 1. The third-order valence-electron chi connectivity index (χ3n) is 5.20. The molecule has 10 heteroatoms. The average molecular weight is 521 g/mol. The molecule has 1 aliphatic rings. The molecule has 1 atom stereocenters. The fourth-order valence-corrected chi connectivity index (χ4v) is 3.85. The van der Waals surface area contributed by atoms with Gasteiger partial charge in [0.25, 0.3) is 0 Å². The molecule has 0 spiro atoms. The van der Waals surface area contributed by atoms with E-state index in [0.29, 0.717) is 38.7 Å². The second kappa shape index (κ2) is 11.1. The number of thiocarbonyl (C=S) groups is 1. The van der Waals surface area contributed by atoms with Gasteiger partial charge in [0.15, 0.2) is 5.11 Å². The quantitative estimate of drug-likeness (QED) is 0.321. The highest BCUT2D eigenvalue weighted by molar-refractivity contribution is 7.80. The lowest BCUT2D eigenvalue weighted by atomic mass is 9.95. The first-order valence-electron chi connectivity index (χ1n) is 10.6. The Hall–Kier alpha value is -2.81. The van der Waals surface area contributed by atoms with Crippen LogP contribution in [-0.4, -0.2) is 35.7 Å². The van der Waals surface area contributed by atoms with Crippen LogP contribution in [0.25, 0.3) is 0 Å². The summed E-state index contributed by atoms with van der Waals surface area (Å²) in [6, 6.07) is 11.1. The number of ether oxygens (including phenoxy) is 1. The van der Waals surface area contributed by atoms with E-state index >= 15 is 0 Å². The summed E-state index contributed by atoms with van der Waals surface area (Å²) in [5.74, 6) is -0.166. The minimum Gasteiger partial charge on any atom is -0.462 e. The third-order valence-corrected chi connectivity index (χ3v) is 6.33. The molecule has 1 heterocycles. The summed E-state index contributed by atoms with van der Waals surface area (Å²) in [6.07, 6.45) is 0. The first-order chi connectivity index (χ1) is 16.1. The summed E-state index contributed by atoms with van der Waals surface area (Å²) in [7, 11) is 1.80. The van der Waals surface area contributed by atoms with Crippen LogP contribution in [0.3, 0.4) is 0 Å². The summed E-state index contributed by atoms with van der Waals surface area (Å²) in [5, 5.41) is 9.93. The number of nitrogens with one attached hydrogen (secondary N) is 3. The van der Waals surface area contributed by atoms with Gasteiger partial charge in [-0.2, -0.15) is 0 Å². The zero-order valence-electron chi connectivity index (χ0n) is 19.2. The maximum atomic E-state index is 12.9. The van der Waals surface area contributed by atoms with E-state index in [2.05, 4.69) is 16.0 Å². The molecule has 3 N–H and O–H groups in total. The topological polar surface area (TPSA) is 82.7 Å². The van der Waals surface area contributed by atoms with Gasteiger partial charge in [-0.3, -0.25) is 0 Å². The van der Waals surface area contributed by atoms with E-state index in [4.69, 9.17) is 40.2 Å². The highest BCUT2D eigenvalue weighted by Crippen LogP contribution is 2.31. The maximum Gasteiger partial charge on any atom is 0.338 e. The molecule has 0 aliphatic carbocycles. The second-order valence-corrected chi connectivity index (χ2v) is 9.46. The number of hydrogen-bond acceptors (Lipinski definition) is 4. The van der Waals surface area contributed by atoms with Crippen molar-refractivity contribution >= 4 is 63.9 Å². The van der Waals surface area contributed by atoms with E-state index in [-0.39, 0.29) is 11.9 Å². The van der Waals surface area contributed by atoms with E-state index < -0.39 is 12.1 Å². The summed E-state index contributed by atoms with van der Waals surface area (Å²) >= 11 is 17.3. The van der Waals surface area contributed by atoms with Crippen LogP contribution in [-0.2, 0) is 9.53 Å². The van der Waals surface area contributed by atoms with Gasteiger partial charge in [0, 0.05) is 24.1 Å². The first kappa shape index (κ1) is 25.8. The fraction of sp³-hybridized carbons (Fsp3) is 0.292. The number of amides is 2. The van der Waals surface area contributed by atoms with Gasteiger partial charge in [0.2, 0.25) is 0 Å². The van der Waals surface area contributed by atoms with Crippen LogP contribution in [0.4, 0.5) is 16.2 Å². The minimum atomic E-state index is -0.470. The molecule has 180 valence electrons. The zero-order chi connectivity index (χ0) is 25.0. The van der Waals surface area contributed by atoms with Gasteiger partial charge in [-0.1, -0.05) is 49.2 Å². The number of rotatable bonds is 6. The van der Waals surface area contributed by atoms with Gasteiger partial charge in [-0.15, -0.1) is 0 Å².